The van der Waals surface area contributed by atoms with Crippen LogP contribution in [0.25, 0.3) is 0 Å². The second-order valence-electron chi connectivity index (χ2n) is 6.60. The number of anilines is 1. The lowest BCUT2D eigenvalue weighted by atomic mass is 9.95. The average molecular weight is 309 g/mol. The number of pyridine rings is 1. The molecule has 0 aromatic carbocycles. The molecule has 0 radical (unpaired) electrons. The first kappa shape index (κ1) is 14.6. The lowest BCUT2D eigenvalue weighted by Crippen LogP contribution is -2.51. The van der Waals surface area contributed by atoms with Crippen LogP contribution < -0.4 is 10.2 Å². The van der Waals surface area contributed by atoms with E-state index in [1.807, 2.05) is 18.3 Å². The van der Waals surface area contributed by atoms with E-state index in [-0.39, 0.29) is 0 Å². The van der Waals surface area contributed by atoms with Crippen LogP contribution >= 0.6 is 0 Å². The van der Waals surface area contributed by atoms with Gasteiger partial charge in [0.05, 0.1) is 11.4 Å². The van der Waals surface area contributed by atoms with E-state index in [0.717, 1.165) is 44.1 Å². The van der Waals surface area contributed by atoms with Gasteiger partial charge in [0.15, 0.2) is 5.82 Å². The summed E-state index contributed by atoms with van der Waals surface area (Å²) in [5.41, 5.74) is 3.73. The maximum absolute atomic E-state index is 4.43. The van der Waals surface area contributed by atoms with Gasteiger partial charge in [-0.05, 0) is 49.4 Å². The van der Waals surface area contributed by atoms with Crippen molar-refractivity contribution in [2.45, 2.75) is 32.2 Å². The normalized spacial score (nSPS) is 17.7. The van der Waals surface area contributed by atoms with Crippen molar-refractivity contribution in [3.05, 3.63) is 47.4 Å². The SMILES string of the molecule is c1ccc(CNCC2CN(c3cc4c(nn3)CCCC4)C2)nc1. The third-order valence-electron chi connectivity index (χ3n) is 4.80. The predicted molar refractivity (Wildman–Crippen MR) is 90.3 cm³/mol. The number of rotatable bonds is 5. The summed E-state index contributed by atoms with van der Waals surface area (Å²) in [7, 11) is 0. The molecule has 120 valence electrons. The lowest BCUT2D eigenvalue weighted by molar-refractivity contribution is 0.380. The molecule has 23 heavy (non-hydrogen) atoms. The first-order valence-electron chi connectivity index (χ1n) is 8.59. The predicted octanol–water partition coefficient (Wildman–Crippen LogP) is 1.98. The van der Waals surface area contributed by atoms with Crippen LogP contribution in [0.15, 0.2) is 30.5 Å². The highest BCUT2D eigenvalue weighted by molar-refractivity contribution is 5.44. The van der Waals surface area contributed by atoms with E-state index in [2.05, 4.69) is 37.5 Å². The Kier molecular flexibility index (Phi) is 4.20. The summed E-state index contributed by atoms with van der Waals surface area (Å²) < 4.78 is 0. The smallest absolute Gasteiger partial charge is 0.151 e. The molecule has 0 amide bonds. The van der Waals surface area contributed by atoms with E-state index in [1.54, 1.807) is 0 Å². The number of hydrogen-bond acceptors (Lipinski definition) is 5. The standard InChI is InChI=1S/C18H23N5/c1-2-7-17-15(5-1)9-18(22-21-17)23-12-14(13-23)10-19-11-16-6-3-4-8-20-16/h3-4,6,8-9,14,19H,1-2,5,7,10-13H2. The Balaban J connectivity index is 1.25. The number of hydrogen-bond donors (Lipinski definition) is 1. The molecule has 0 unspecified atom stereocenters. The molecule has 2 aromatic rings. The van der Waals surface area contributed by atoms with E-state index in [0.29, 0.717) is 5.92 Å². The Bertz CT molecular complexity index is 652. The largest absolute Gasteiger partial charge is 0.354 e. The Morgan fingerprint density at radius 1 is 1.13 bits per heavy atom. The van der Waals surface area contributed by atoms with Crippen molar-refractivity contribution in [3.8, 4) is 0 Å². The van der Waals surface area contributed by atoms with Crippen molar-refractivity contribution in [1.82, 2.24) is 20.5 Å². The highest BCUT2D eigenvalue weighted by atomic mass is 15.3. The monoisotopic (exact) mass is 309 g/mol. The highest BCUT2D eigenvalue weighted by Gasteiger charge is 2.28. The van der Waals surface area contributed by atoms with Gasteiger partial charge in [-0.2, -0.15) is 5.10 Å². The quantitative estimate of drug-likeness (QED) is 0.915. The molecule has 4 rings (SSSR count). The second kappa shape index (κ2) is 6.62. The van der Waals surface area contributed by atoms with Crippen LogP contribution in [0, 0.1) is 5.92 Å². The Labute approximate surface area is 137 Å². The number of aromatic nitrogens is 3. The summed E-state index contributed by atoms with van der Waals surface area (Å²) in [4.78, 5) is 6.67. The molecular formula is C18H23N5. The van der Waals surface area contributed by atoms with Crippen LogP contribution in [0.5, 0.6) is 0 Å². The van der Waals surface area contributed by atoms with E-state index in [1.165, 1.54) is 30.5 Å². The second-order valence-corrected chi connectivity index (χ2v) is 6.60. The zero-order valence-electron chi connectivity index (χ0n) is 13.4. The maximum atomic E-state index is 4.43. The van der Waals surface area contributed by atoms with Crippen molar-refractivity contribution >= 4 is 5.82 Å². The molecule has 0 saturated carbocycles. The molecule has 2 aromatic heterocycles. The summed E-state index contributed by atoms with van der Waals surface area (Å²) >= 11 is 0. The molecule has 0 spiro atoms. The van der Waals surface area contributed by atoms with Crippen molar-refractivity contribution < 1.29 is 0 Å². The third kappa shape index (κ3) is 3.34. The van der Waals surface area contributed by atoms with Crippen LogP contribution in [0.1, 0.15) is 29.8 Å². The van der Waals surface area contributed by atoms with Crippen molar-refractivity contribution in [2.75, 3.05) is 24.5 Å². The fourth-order valence-electron chi connectivity index (χ4n) is 3.43. The van der Waals surface area contributed by atoms with E-state index in [9.17, 15) is 0 Å². The minimum atomic E-state index is 0.691. The van der Waals surface area contributed by atoms with Crippen LogP contribution in [0.2, 0.25) is 0 Å². The van der Waals surface area contributed by atoms with E-state index >= 15 is 0 Å². The van der Waals surface area contributed by atoms with Crippen LogP contribution in [-0.2, 0) is 19.4 Å². The fourth-order valence-corrected chi connectivity index (χ4v) is 3.43. The van der Waals surface area contributed by atoms with Crippen molar-refractivity contribution in [3.63, 3.8) is 0 Å². The molecule has 1 aliphatic carbocycles. The van der Waals surface area contributed by atoms with Crippen molar-refractivity contribution in [1.29, 1.82) is 0 Å². The number of nitrogens with zero attached hydrogens (tertiary/aromatic N) is 4. The topological polar surface area (TPSA) is 53.9 Å². The first-order valence-corrected chi connectivity index (χ1v) is 8.59. The third-order valence-corrected chi connectivity index (χ3v) is 4.80. The maximum Gasteiger partial charge on any atom is 0.151 e. The van der Waals surface area contributed by atoms with Gasteiger partial charge in [0.25, 0.3) is 0 Å². The average Bonchev–Trinajstić information content (AvgIpc) is 2.57. The fraction of sp³-hybridized carbons (Fsp3) is 0.500. The molecule has 3 heterocycles. The summed E-state index contributed by atoms with van der Waals surface area (Å²) in [5.74, 6) is 1.75. The van der Waals surface area contributed by atoms with Gasteiger partial charge in [0.1, 0.15) is 0 Å². The molecule has 5 heteroatoms. The van der Waals surface area contributed by atoms with Gasteiger partial charge < -0.3 is 10.2 Å². The Hall–Kier alpha value is -2.01. The summed E-state index contributed by atoms with van der Waals surface area (Å²) in [6.07, 6.45) is 6.66. The molecule has 5 nitrogen and oxygen atoms in total. The molecular weight excluding hydrogens is 286 g/mol. The minimum Gasteiger partial charge on any atom is -0.354 e. The van der Waals surface area contributed by atoms with Gasteiger partial charge in [0.2, 0.25) is 0 Å². The van der Waals surface area contributed by atoms with Crippen LogP contribution in [-0.4, -0.2) is 34.8 Å². The minimum absolute atomic E-state index is 0.691. The van der Waals surface area contributed by atoms with Gasteiger partial charge in [0, 0.05) is 38.3 Å². The van der Waals surface area contributed by atoms with Gasteiger partial charge in [-0.15, -0.1) is 5.10 Å². The molecule has 1 aliphatic heterocycles. The molecule has 2 aliphatic rings. The first-order chi connectivity index (χ1) is 11.4. The van der Waals surface area contributed by atoms with Crippen LogP contribution in [0.3, 0.4) is 0 Å². The van der Waals surface area contributed by atoms with Crippen molar-refractivity contribution in [2.24, 2.45) is 5.92 Å². The lowest BCUT2D eigenvalue weighted by Gasteiger charge is -2.40. The van der Waals surface area contributed by atoms with Gasteiger partial charge >= 0.3 is 0 Å². The van der Waals surface area contributed by atoms with Gasteiger partial charge in [-0.25, -0.2) is 0 Å². The molecule has 0 atom stereocenters. The molecule has 0 bridgehead atoms. The molecule has 1 N–H and O–H groups in total. The van der Waals surface area contributed by atoms with Gasteiger partial charge in [-0.3, -0.25) is 4.98 Å². The molecule has 1 saturated heterocycles. The summed E-state index contributed by atoms with van der Waals surface area (Å²) in [6, 6.07) is 8.30. The van der Waals surface area contributed by atoms with Gasteiger partial charge in [-0.1, -0.05) is 6.07 Å². The zero-order chi connectivity index (χ0) is 15.5. The number of nitrogens with one attached hydrogen (secondary N) is 1. The number of fused-ring (bicyclic) bond motifs is 1. The van der Waals surface area contributed by atoms with Crippen LogP contribution in [0.4, 0.5) is 5.82 Å². The Morgan fingerprint density at radius 3 is 2.91 bits per heavy atom. The summed E-state index contributed by atoms with van der Waals surface area (Å²) in [5, 5.41) is 12.4. The highest BCUT2D eigenvalue weighted by Crippen LogP contribution is 2.26. The van der Waals surface area contributed by atoms with E-state index < -0.39 is 0 Å². The Morgan fingerprint density at radius 2 is 2.04 bits per heavy atom. The summed E-state index contributed by atoms with van der Waals surface area (Å²) in [6.45, 7) is 4.02. The van der Waals surface area contributed by atoms with E-state index in [4.69, 9.17) is 0 Å². The number of aryl methyl sites for hydroxylation is 2. The molecule has 1 fully saturated rings. The zero-order valence-corrected chi connectivity index (χ0v) is 13.4.